The van der Waals surface area contributed by atoms with Crippen LogP contribution in [0.15, 0.2) is 24.3 Å². The van der Waals surface area contributed by atoms with Crippen LogP contribution in [0.4, 0.5) is 5.13 Å². The molecule has 4 rings (SSSR count). The summed E-state index contributed by atoms with van der Waals surface area (Å²) in [6, 6.07) is 9.88. The molecule has 1 aromatic carbocycles. The molecule has 2 atom stereocenters. The van der Waals surface area contributed by atoms with Gasteiger partial charge < -0.3 is 10.6 Å². The molecule has 2 N–H and O–H groups in total. The van der Waals surface area contributed by atoms with Crippen molar-refractivity contribution in [2.45, 2.75) is 64.5 Å². The summed E-state index contributed by atoms with van der Waals surface area (Å²) < 4.78 is 0. The number of hydrogen-bond donors (Lipinski definition) is 2. The summed E-state index contributed by atoms with van der Waals surface area (Å²) in [5, 5.41) is 7.42. The van der Waals surface area contributed by atoms with Crippen molar-refractivity contribution in [2.24, 2.45) is 5.92 Å². The number of carbonyl (C=O) groups is 1. The fraction of sp³-hybridized carbons (Fsp3) is 0.524. The Hall–Kier alpha value is -1.43. The molecule has 6 heteroatoms. The molecule has 1 aromatic heterocycles. The summed E-state index contributed by atoms with van der Waals surface area (Å²) in [6.45, 7) is 4.13. The Morgan fingerprint density at radius 3 is 2.52 bits per heavy atom. The van der Waals surface area contributed by atoms with Crippen LogP contribution in [0.25, 0.3) is 0 Å². The number of piperidine rings is 1. The van der Waals surface area contributed by atoms with E-state index in [9.17, 15) is 4.79 Å². The first kappa shape index (κ1) is 20.3. The molecule has 0 radical (unpaired) electrons. The number of carbonyl (C=O) groups excluding carboxylic acids is 1. The van der Waals surface area contributed by atoms with Crippen LogP contribution in [-0.4, -0.2) is 23.0 Å². The van der Waals surface area contributed by atoms with E-state index in [2.05, 4.69) is 46.8 Å². The second kappa shape index (κ2) is 8.72. The van der Waals surface area contributed by atoms with Gasteiger partial charge in [-0.15, -0.1) is 23.7 Å². The number of fused-ring (bicyclic) bond motifs is 2. The Morgan fingerprint density at radius 1 is 1.19 bits per heavy atom. The molecule has 0 spiro atoms. The van der Waals surface area contributed by atoms with E-state index in [0.29, 0.717) is 24.4 Å². The molecular formula is C21H28ClN3OS. The highest BCUT2D eigenvalue weighted by molar-refractivity contribution is 7.15. The van der Waals surface area contributed by atoms with Crippen molar-refractivity contribution >= 4 is 34.8 Å². The number of aromatic nitrogens is 1. The maximum absolute atomic E-state index is 12.5. The summed E-state index contributed by atoms with van der Waals surface area (Å²) >= 11 is 1.61. The highest BCUT2D eigenvalue weighted by atomic mass is 35.5. The van der Waals surface area contributed by atoms with Crippen LogP contribution < -0.4 is 10.6 Å². The highest BCUT2D eigenvalue weighted by Gasteiger charge is 2.34. The molecule has 2 fully saturated rings. The Labute approximate surface area is 171 Å². The van der Waals surface area contributed by atoms with E-state index >= 15 is 0 Å². The first-order valence-electron chi connectivity index (χ1n) is 9.63. The topological polar surface area (TPSA) is 54.0 Å². The second-order valence-corrected chi connectivity index (χ2v) is 9.00. The summed E-state index contributed by atoms with van der Waals surface area (Å²) in [7, 11) is 0. The van der Waals surface area contributed by atoms with E-state index in [-0.39, 0.29) is 18.3 Å². The lowest BCUT2D eigenvalue weighted by Crippen LogP contribution is -2.39. The zero-order valence-corrected chi connectivity index (χ0v) is 17.6. The van der Waals surface area contributed by atoms with Crippen molar-refractivity contribution in [2.75, 3.05) is 5.32 Å². The van der Waals surface area contributed by atoms with Crippen LogP contribution >= 0.6 is 23.7 Å². The minimum absolute atomic E-state index is 0. The molecule has 4 nitrogen and oxygen atoms in total. The lowest BCUT2D eigenvalue weighted by atomic mass is 9.89. The van der Waals surface area contributed by atoms with Gasteiger partial charge in [0.25, 0.3) is 0 Å². The van der Waals surface area contributed by atoms with Gasteiger partial charge >= 0.3 is 0 Å². The van der Waals surface area contributed by atoms with E-state index in [4.69, 9.17) is 0 Å². The molecule has 2 aliphatic heterocycles. The summed E-state index contributed by atoms with van der Waals surface area (Å²) in [6.07, 6.45) is 6.32. The van der Waals surface area contributed by atoms with Crippen LogP contribution in [0.5, 0.6) is 0 Å². The zero-order valence-electron chi connectivity index (χ0n) is 16.0. The zero-order chi connectivity index (χ0) is 18.1. The lowest BCUT2D eigenvalue weighted by molar-refractivity contribution is -0.117. The van der Waals surface area contributed by atoms with Gasteiger partial charge in [0, 0.05) is 29.8 Å². The van der Waals surface area contributed by atoms with Gasteiger partial charge in [-0.25, -0.2) is 4.98 Å². The van der Waals surface area contributed by atoms with Crippen LogP contribution in [0.3, 0.4) is 0 Å². The monoisotopic (exact) mass is 405 g/mol. The maximum Gasteiger partial charge on any atom is 0.226 e. The number of nitrogens with zero attached hydrogens (tertiary/aromatic N) is 1. The van der Waals surface area contributed by atoms with E-state index in [1.165, 1.54) is 28.8 Å². The minimum Gasteiger partial charge on any atom is -0.311 e. The van der Waals surface area contributed by atoms with Crippen LogP contribution in [0.1, 0.15) is 53.8 Å². The normalized spacial score (nSPS) is 23.7. The second-order valence-electron chi connectivity index (χ2n) is 7.92. The van der Waals surface area contributed by atoms with Gasteiger partial charge in [0.2, 0.25) is 5.91 Å². The third-order valence-corrected chi connectivity index (χ3v) is 6.74. The van der Waals surface area contributed by atoms with Gasteiger partial charge in [-0.05, 0) is 51.0 Å². The van der Waals surface area contributed by atoms with Crippen molar-refractivity contribution < 1.29 is 4.79 Å². The molecule has 2 unspecified atom stereocenters. The average molecular weight is 406 g/mol. The number of benzene rings is 1. The SMILES string of the molecule is Cc1ccc(Cc2sc(NC(=O)CC3CC4CCC(C3)N4)nc2C)cc1.Cl. The van der Waals surface area contributed by atoms with Gasteiger partial charge in [-0.3, -0.25) is 4.79 Å². The molecule has 2 aliphatic rings. The number of amides is 1. The van der Waals surface area contributed by atoms with Gasteiger partial charge in [-0.1, -0.05) is 29.8 Å². The third-order valence-electron chi connectivity index (χ3n) is 5.67. The maximum atomic E-state index is 12.5. The third kappa shape index (κ3) is 5.09. The fourth-order valence-electron chi connectivity index (χ4n) is 4.31. The van der Waals surface area contributed by atoms with Crippen molar-refractivity contribution in [1.82, 2.24) is 10.3 Å². The van der Waals surface area contributed by atoms with Crippen molar-refractivity contribution in [1.29, 1.82) is 0 Å². The number of thiazole rings is 1. The number of anilines is 1. The minimum atomic E-state index is 0. The summed E-state index contributed by atoms with van der Waals surface area (Å²) in [4.78, 5) is 18.3. The Balaban J connectivity index is 0.00000210. The molecule has 27 heavy (non-hydrogen) atoms. The standard InChI is InChI=1S/C21H27N3OS.ClH/c1-13-3-5-15(6-4-13)11-19-14(2)22-21(26-19)24-20(25)12-16-9-17-7-8-18(10-16)23-17;/h3-6,16-18,23H,7-12H2,1-2H3,(H,22,24,25);1H. The summed E-state index contributed by atoms with van der Waals surface area (Å²) in [5.74, 6) is 0.633. The van der Waals surface area contributed by atoms with Crippen molar-refractivity contribution in [3.63, 3.8) is 0 Å². The molecule has 146 valence electrons. The smallest absolute Gasteiger partial charge is 0.226 e. The predicted octanol–water partition coefficient (Wildman–Crippen LogP) is 4.63. The molecular weight excluding hydrogens is 378 g/mol. The van der Waals surface area contributed by atoms with Crippen molar-refractivity contribution in [3.8, 4) is 0 Å². The molecule has 0 aliphatic carbocycles. The average Bonchev–Trinajstić information content (AvgIpc) is 3.11. The van der Waals surface area contributed by atoms with E-state index in [1.54, 1.807) is 11.3 Å². The Kier molecular flexibility index (Phi) is 6.56. The fourth-order valence-corrected chi connectivity index (χ4v) is 5.32. The molecule has 2 saturated heterocycles. The van der Waals surface area contributed by atoms with Crippen molar-refractivity contribution in [3.05, 3.63) is 46.0 Å². The van der Waals surface area contributed by atoms with E-state index in [1.807, 2.05) is 6.92 Å². The molecule has 1 amide bonds. The number of aryl methyl sites for hydroxylation is 2. The predicted molar refractivity (Wildman–Crippen MR) is 114 cm³/mol. The number of nitrogens with one attached hydrogen (secondary N) is 2. The first-order chi connectivity index (χ1) is 12.5. The largest absolute Gasteiger partial charge is 0.311 e. The van der Waals surface area contributed by atoms with Crippen LogP contribution in [0.2, 0.25) is 0 Å². The molecule has 2 bridgehead atoms. The molecule has 0 saturated carbocycles. The number of hydrogen-bond acceptors (Lipinski definition) is 4. The number of rotatable bonds is 5. The van der Waals surface area contributed by atoms with Gasteiger partial charge in [0.05, 0.1) is 5.69 Å². The van der Waals surface area contributed by atoms with Gasteiger partial charge in [0.15, 0.2) is 5.13 Å². The first-order valence-corrected chi connectivity index (χ1v) is 10.4. The molecule has 2 aromatic rings. The summed E-state index contributed by atoms with van der Waals surface area (Å²) in [5.41, 5.74) is 3.57. The number of halogens is 1. The highest BCUT2D eigenvalue weighted by Crippen LogP contribution is 2.33. The van der Waals surface area contributed by atoms with Gasteiger partial charge in [-0.2, -0.15) is 0 Å². The van der Waals surface area contributed by atoms with Crippen LogP contribution in [0, 0.1) is 19.8 Å². The van der Waals surface area contributed by atoms with Gasteiger partial charge in [0.1, 0.15) is 0 Å². The lowest BCUT2D eigenvalue weighted by Gasteiger charge is -2.28. The van der Waals surface area contributed by atoms with E-state index < -0.39 is 0 Å². The Morgan fingerprint density at radius 2 is 1.85 bits per heavy atom. The van der Waals surface area contributed by atoms with E-state index in [0.717, 1.165) is 30.1 Å². The Bertz CT molecular complexity index is 777. The molecule has 3 heterocycles. The quantitative estimate of drug-likeness (QED) is 0.762. The van der Waals surface area contributed by atoms with Crippen LogP contribution in [-0.2, 0) is 11.2 Å².